The molecule has 0 spiro atoms. The lowest BCUT2D eigenvalue weighted by atomic mass is 10.0. The van der Waals surface area contributed by atoms with Gasteiger partial charge in [0.15, 0.2) is 0 Å². The minimum Gasteiger partial charge on any atom is -0.369 e. The van der Waals surface area contributed by atoms with Gasteiger partial charge in [-0.15, -0.1) is 0 Å². The van der Waals surface area contributed by atoms with Gasteiger partial charge in [0.1, 0.15) is 0 Å². The van der Waals surface area contributed by atoms with Crippen molar-refractivity contribution in [2.24, 2.45) is 5.92 Å². The predicted molar refractivity (Wildman–Crippen MR) is 112 cm³/mol. The number of rotatable bonds is 6. The molecular weight excluding hydrogens is 320 g/mol. The van der Waals surface area contributed by atoms with E-state index in [1.165, 1.54) is 56.8 Å². The lowest BCUT2D eigenvalue weighted by Crippen LogP contribution is -2.44. The van der Waals surface area contributed by atoms with Crippen molar-refractivity contribution < 1.29 is 0 Å². The minimum absolute atomic E-state index is 0.732. The Morgan fingerprint density at radius 2 is 1.58 bits per heavy atom. The topological polar surface area (TPSA) is 13.0 Å². The summed E-state index contributed by atoms with van der Waals surface area (Å²) >= 11 is 0. The Morgan fingerprint density at radius 1 is 0.962 bits per heavy atom. The third-order valence-corrected chi connectivity index (χ3v) is 6.04. The molecule has 0 radical (unpaired) electrons. The fraction of sp³-hybridized carbons (Fsp3) is 0.727. The molecule has 2 fully saturated rings. The van der Waals surface area contributed by atoms with Crippen LogP contribution in [0.3, 0.4) is 0 Å². The summed E-state index contributed by atoms with van der Waals surface area (Å²) in [6, 6.07) is 10.0. The van der Waals surface area contributed by atoms with Crippen molar-refractivity contribution in [1.82, 2.24) is 14.7 Å². The summed E-state index contributed by atoms with van der Waals surface area (Å²) in [6.07, 6.45) is 2.62. The fourth-order valence-electron chi connectivity index (χ4n) is 4.35. The lowest BCUT2D eigenvalue weighted by Gasteiger charge is -2.37. The summed E-state index contributed by atoms with van der Waals surface area (Å²) < 4.78 is 0. The Kier molecular flexibility index (Phi) is 6.96. The molecule has 0 N–H and O–H groups in total. The first kappa shape index (κ1) is 19.7. The van der Waals surface area contributed by atoms with Gasteiger partial charge in [-0.1, -0.05) is 26.0 Å². The summed E-state index contributed by atoms with van der Waals surface area (Å²) in [7, 11) is 4.51. The Balaban J connectivity index is 1.47. The van der Waals surface area contributed by atoms with Crippen LogP contribution in [0.1, 0.15) is 32.3 Å². The number of anilines is 1. The van der Waals surface area contributed by atoms with Gasteiger partial charge in [0.2, 0.25) is 0 Å². The van der Waals surface area contributed by atoms with Crippen molar-refractivity contribution in [3.63, 3.8) is 0 Å². The second-order valence-electron chi connectivity index (χ2n) is 8.80. The van der Waals surface area contributed by atoms with Gasteiger partial charge < -0.3 is 14.7 Å². The zero-order chi connectivity index (χ0) is 18.5. The Labute approximate surface area is 160 Å². The van der Waals surface area contributed by atoms with Crippen LogP contribution in [0.25, 0.3) is 0 Å². The molecule has 2 heterocycles. The first-order chi connectivity index (χ1) is 12.5. The fourth-order valence-corrected chi connectivity index (χ4v) is 4.35. The molecule has 0 amide bonds. The molecule has 146 valence electrons. The number of likely N-dealkylation sites (tertiary alicyclic amines) is 1. The van der Waals surface area contributed by atoms with E-state index >= 15 is 0 Å². The van der Waals surface area contributed by atoms with E-state index in [-0.39, 0.29) is 0 Å². The van der Waals surface area contributed by atoms with Crippen LogP contribution in [-0.2, 0) is 6.54 Å². The number of likely N-dealkylation sites (N-methyl/N-ethyl adjacent to an activating group) is 1. The second kappa shape index (κ2) is 9.20. The van der Waals surface area contributed by atoms with E-state index < -0.39 is 0 Å². The highest BCUT2D eigenvalue weighted by molar-refractivity contribution is 5.48. The van der Waals surface area contributed by atoms with Crippen molar-refractivity contribution in [3.8, 4) is 0 Å². The smallest absolute Gasteiger partial charge is 0.0367 e. The molecule has 2 aliphatic heterocycles. The number of hydrogen-bond donors (Lipinski definition) is 0. The summed E-state index contributed by atoms with van der Waals surface area (Å²) in [6.45, 7) is 14.1. The van der Waals surface area contributed by atoms with Crippen LogP contribution in [0, 0.1) is 5.92 Å². The molecule has 4 nitrogen and oxygen atoms in total. The summed E-state index contributed by atoms with van der Waals surface area (Å²) in [5, 5.41) is 0. The highest BCUT2D eigenvalue weighted by atomic mass is 15.2. The van der Waals surface area contributed by atoms with E-state index in [0.29, 0.717) is 0 Å². The summed E-state index contributed by atoms with van der Waals surface area (Å²) in [4.78, 5) is 10.1. The van der Waals surface area contributed by atoms with E-state index in [2.05, 4.69) is 71.8 Å². The second-order valence-corrected chi connectivity index (χ2v) is 8.80. The Hall–Kier alpha value is -1.10. The molecular formula is C22H38N4. The van der Waals surface area contributed by atoms with Crippen LogP contribution in [0.4, 0.5) is 5.69 Å². The number of piperidine rings is 1. The van der Waals surface area contributed by atoms with Crippen molar-refractivity contribution >= 4 is 5.69 Å². The van der Waals surface area contributed by atoms with Gasteiger partial charge in [0, 0.05) is 51.0 Å². The van der Waals surface area contributed by atoms with E-state index in [9.17, 15) is 0 Å². The first-order valence-corrected chi connectivity index (χ1v) is 10.5. The monoisotopic (exact) mass is 358 g/mol. The van der Waals surface area contributed by atoms with E-state index in [1.54, 1.807) is 0 Å². The number of benzene rings is 1. The zero-order valence-corrected chi connectivity index (χ0v) is 17.3. The predicted octanol–water partition coefficient (Wildman–Crippen LogP) is 2.99. The zero-order valence-electron chi connectivity index (χ0n) is 17.3. The molecule has 1 aromatic carbocycles. The highest BCUT2D eigenvalue weighted by Gasteiger charge is 2.22. The number of hydrogen-bond acceptors (Lipinski definition) is 4. The number of piperazine rings is 1. The average Bonchev–Trinajstić information content (AvgIpc) is 2.63. The molecule has 0 atom stereocenters. The third kappa shape index (κ3) is 5.45. The van der Waals surface area contributed by atoms with E-state index in [4.69, 9.17) is 0 Å². The summed E-state index contributed by atoms with van der Waals surface area (Å²) in [5.41, 5.74) is 2.82. The molecule has 0 bridgehead atoms. The van der Waals surface area contributed by atoms with Crippen LogP contribution in [0.2, 0.25) is 0 Å². The van der Waals surface area contributed by atoms with Gasteiger partial charge >= 0.3 is 0 Å². The quantitative estimate of drug-likeness (QED) is 0.775. The number of nitrogens with zero attached hydrogens (tertiary/aromatic N) is 4. The van der Waals surface area contributed by atoms with E-state index in [0.717, 1.165) is 31.6 Å². The van der Waals surface area contributed by atoms with Crippen molar-refractivity contribution in [2.45, 2.75) is 39.3 Å². The van der Waals surface area contributed by atoms with Gasteiger partial charge in [-0.25, -0.2) is 0 Å². The van der Waals surface area contributed by atoms with Gasteiger partial charge in [0.25, 0.3) is 0 Å². The maximum atomic E-state index is 2.64. The van der Waals surface area contributed by atoms with Crippen LogP contribution < -0.4 is 4.90 Å². The van der Waals surface area contributed by atoms with Crippen LogP contribution in [0.15, 0.2) is 24.3 Å². The maximum Gasteiger partial charge on any atom is 0.0367 e. The molecule has 26 heavy (non-hydrogen) atoms. The molecule has 4 heteroatoms. The Bertz CT molecular complexity index is 526. The third-order valence-electron chi connectivity index (χ3n) is 6.04. The highest BCUT2D eigenvalue weighted by Crippen LogP contribution is 2.21. The molecule has 1 aromatic rings. The van der Waals surface area contributed by atoms with E-state index in [1.807, 2.05) is 0 Å². The largest absolute Gasteiger partial charge is 0.369 e. The van der Waals surface area contributed by atoms with Gasteiger partial charge in [-0.3, -0.25) is 4.90 Å². The van der Waals surface area contributed by atoms with Gasteiger partial charge in [-0.2, -0.15) is 0 Å². The normalized spacial score (nSPS) is 21.1. The molecule has 2 saturated heterocycles. The van der Waals surface area contributed by atoms with Crippen molar-refractivity contribution in [2.75, 3.05) is 64.8 Å². The molecule has 3 rings (SSSR count). The molecule has 0 aliphatic carbocycles. The molecule has 0 saturated carbocycles. The molecule has 0 aromatic heterocycles. The summed E-state index contributed by atoms with van der Waals surface area (Å²) in [5.74, 6) is 0.781. The van der Waals surface area contributed by atoms with Crippen molar-refractivity contribution in [1.29, 1.82) is 0 Å². The van der Waals surface area contributed by atoms with Gasteiger partial charge in [-0.05, 0) is 63.6 Å². The van der Waals surface area contributed by atoms with Crippen LogP contribution in [0.5, 0.6) is 0 Å². The van der Waals surface area contributed by atoms with Crippen LogP contribution >= 0.6 is 0 Å². The molecule has 2 aliphatic rings. The van der Waals surface area contributed by atoms with Gasteiger partial charge in [0.05, 0.1) is 0 Å². The average molecular weight is 359 g/mol. The lowest BCUT2D eigenvalue weighted by molar-refractivity contribution is 0.115. The van der Waals surface area contributed by atoms with Crippen LogP contribution in [-0.4, -0.2) is 80.7 Å². The maximum absolute atomic E-state index is 2.64. The molecule has 0 unspecified atom stereocenters. The van der Waals surface area contributed by atoms with Crippen molar-refractivity contribution in [3.05, 3.63) is 29.8 Å². The minimum atomic E-state index is 0.732. The SMILES string of the molecule is CC(C)CN1CCC(N(C)Cc2ccc(N3CCN(C)CC3)cc2)CC1. The first-order valence-electron chi connectivity index (χ1n) is 10.5. The standard InChI is InChI=1S/C22H38N4/c1-19(2)17-25-11-9-21(10-12-25)24(4)18-20-5-7-22(8-6-20)26-15-13-23(3)14-16-26/h5-8,19,21H,9-18H2,1-4H3. The Morgan fingerprint density at radius 3 is 2.15 bits per heavy atom.